The van der Waals surface area contributed by atoms with E-state index in [9.17, 15) is 8.42 Å². The van der Waals surface area contributed by atoms with Crippen LogP contribution in [-0.2, 0) is 22.0 Å². The van der Waals surface area contributed by atoms with Crippen LogP contribution in [0.4, 0.5) is 0 Å². The summed E-state index contributed by atoms with van der Waals surface area (Å²) in [5.41, 5.74) is 1.64. The molecule has 0 atom stereocenters. The van der Waals surface area contributed by atoms with Crippen LogP contribution in [0.1, 0.15) is 16.4 Å². The maximum absolute atomic E-state index is 11.5. The van der Waals surface area contributed by atoms with Crippen molar-refractivity contribution in [3.63, 3.8) is 0 Å². The van der Waals surface area contributed by atoms with Crippen molar-refractivity contribution in [1.82, 2.24) is 14.6 Å². The van der Waals surface area contributed by atoms with Gasteiger partial charge in [-0.25, -0.2) is 17.9 Å². The van der Waals surface area contributed by atoms with Gasteiger partial charge in [-0.05, 0) is 6.92 Å². The van der Waals surface area contributed by atoms with E-state index < -0.39 is 9.84 Å². The molecule has 15 heavy (non-hydrogen) atoms. The second-order valence-corrected chi connectivity index (χ2v) is 7.01. The van der Waals surface area contributed by atoms with E-state index in [1.54, 1.807) is 4.52 Å². The van der Waals surface area contributed by atoms with E-state index in [2.05, 4.69) is 10.1 Å². The smallest absolute Gasteiger partial charge is 0.212 e. The lowest BCUT2D eigenvalue weighted by Crippen LogP contribution is -2.19. The van der Waals surface area contributed by atoms with E-state index in [-0.39, 0.29) is 11.5 Å². The van der Waals surface area contributed by atoms with Gasteiger partial charge in [-0.2, -0.15) is 5.10 Å². The van der Waals surface area contributed by atoms with Crippen LogP contribution in [-0.4, -0.2) is 28.8 Å². The predicted molar refractivity (Wildman–Crippen MR) is 56.8 cm³/mol. The van der Waals surface area contributed by atoms with E-state index in [0.29, 0.717) is 6.42 Å². The van der Waals surface area contributed by atoms with E-state index in [1.807, 2.05) is 6.92 Å². The summed E-state index contributed by atoms with van der Waals surface area (Å²) in [5.74, 6) is 0.288. The third-order valence-corrected chi connectivity index (χ3v) is 4.85. The number of aryl methyl sites for hydroxylation is 2. The summed E-state index contributed by atoms with van der Waals surface area (Å²) in [7, 11) is -2.94. The number of aromatic nitrogens is 3. The minimum atomic E-state index is -2.94. The third kappa shape index (κ3) is 1.37. The summed E-state index contributed by atoms with van der Waals surface area (Å²) in [6.45, 7) is 1.89. The van der Waals surface area contributed by atoms with Gasteiger partial charge < -0.3 is 0 Å². The van der Waals surface area contributed by atoms with Crippen molar-refractivity contribution in [2.45, 2.75) is 19.1 Å². The van der Waals surface area contributed by atoms with Gasteiger partial charge in [0.2, 0.25) is 4.96 Å². The van der Waals surface area contributed by atoms with Crippen molar-refractivity contribution in [3.8, 4) is 0 Å². The molecule has 80 valence electrons. The van der Waals surface area contributed by atoms with Crippen LogP contribution in [0.3, 0.4) is 0 Å². The molecular weight excluding hydrogens is 234 g/mol. The first-order chi connectivity index (χ1) is 7.05. The number of fused-ring (bicyclic) bond motifs is 3. The summed E-state index contributed by atoms with van der Waals surface area (Å²) in [6, 6.07) is 0. The maximum Gasteiger partial charge on any atom is 0.212 e. The Hall–Kier alpha value is -0.950. The number of sulfone groups is 1. The minimum Gasteiger partial charge on any atom is -0.228 e. The molecule has 0 amide bonds. The highest BCUT2D eigenvalue weighted by atomic mass is 32.2. The van der Waals surface area contributed by atoms with Crippen molar-refractivity contribution in [3.05, 3.63) is 16.4 Å². The van der Waals surface area contributed by atoms with Crippen molar-refractivity contribution in [2.75, 3.05) is 5.75 Å². The highest BCUT2D eigenvalue weighted by Gasteiger charge is 2.27. The molecule has 2 aromatic rings. The molecule has 2 aromatic heterocycles. The largest absolute Gasteiger partial charge is 0.228 e. The lowest BCUT2D eigenvalue weighted by atomic mass is 10.3. The first-order valence-corrected chi connectivity index (χ1v) is 7.23. The fraction of sp³-hybridized carbons (Fsp3) is 0.500. The molecule has 0 saturated heterocycles. The zero-order chi connectivity index (χ0) is 10.6. The van der Waals surface area contributed by atoms with Crippen molar-refractivity contribution in [1.29, 1.82) is 0 Å². The van der Waals surface area contributed by atoms with Gasteiger partial charge in [0.15, 0.2) is 9.84 Å². The Morgan fingerprint density at radius 1 is 1.47 bits per heavy atom. The van der Waals surface area contributed by atoms with Gasteiger partial charge in [0.25, 0.3) is 0 Å². The average molecular weight is 243 g/mol. The number of hydrogen-bond acceptors (Lipinski definition) is 5. The number of nitrogens with zero attached hydrogens (tertiary/aromatic N) is 3. The van der Waals surface area contributed by atoms with Gasteiger partial charge in [0, 0.05) is 6.42 Å². The molecule has 0 aromatic carbocycles. The Kier molecular flexibility index (Phi) is 1.73. The molecule has 3 rings (SSSR count). The van der Waals surface area contributed by atoms with E-state index >= 15 is 0 Å². The zero-order valence-corrected chi connectivity index (χ0v) is 9.73. The second-order valence-electron chi connectivity index (χ2n) is 3.66. The molecule has 1 aliphatic heterocycles. The van der Waals surface area contributed by atoms with Crippen LogP contribution in [0.5, 0.6) is 0 Å². The van der Waals surface area contributed by atoms with Crippen LogP contribution in [0.25, 0.3) is 4.96 Å². The standard InChI is InChI=1S/C8H9N3O2S2/c1-5-10-11-7-4-15(12,13)3-2-6(7)9-8(11)14-5/h2-4H2,1H3. The Balaban J connectivity index is 2.29. The summed E-state index contributed by atoms with van der Waals surface area (Å²) < 4.78 is 24.7. The molecule has 0 N–H and O–H groups in total. The summed E-state index contributed by atoms with van der Waals surface area (Å²) in [5, 5.41) is 5.17. The van der Waals surface area contributed by atoms with E-state index in [4.69, 9.17) is 0 Å². The SMILES string of the molecule is Cc1nn2c3c(nc2s1)CCS(=O)(=O)C3. The van der Waals surface area contributed by atoms with Crippen LogP contribution in [0, 0.1) is 6.92 Å². The van der Waals surface area contributed by atoms with E-state index in [0.717, 1.165) is 21.4 Å². The molecule has 5 nitrogen and oxygen atoms in total. The van der Waals surface area contributed by atoms with Gasteiger partial charge in [0.05, 0.1) is 22.9 Å². The molecule has 1 aliphatic rings. The molecular formula is C8H9N3O2S2. The highest BCUT2D eigenvalue weighted by molar-refractivity contribution is 7.90. The van der Waals surface area contributed by atoms with Gasteiger partial charge in [-0.1, -0.05) is 11.3 Å². The summed E-state index contributed by atoms with van der Waals surface area (Å²) in [6.07, 6.45) is 0.521. The van der Waals surface area contributed by atoms with Crippen molar-refractivity contribution >= 4 is 26.1 Å². The highest BCUT2D eigenvalue weighted by Crippen LogP contribution is 2.24. The minimum absolute atomic E-state index is 0.0761. The van der Waals surface area contributed by atoms with Gasteiger partial charge in [0.1, 0.15) is 5.01 Å². The topological polar surface area (TPSA) is 64.3 Å². The monoisotopic (exact) mass is 243 g/mol. The Morgan fingerprint density at radius 3 is 3.07 bits per heavy atom. The van der Waals surface area contributed by atoms with Gasteiger partial charge in [-0.3, -0.25) is 0 Å². The quantitative estimate of drug-likeness (QED) is 0.678. The Morgan fingerprint density at radius 2 is 2.27 bits per heavy atom. The molecule has 0 bridgehead atoms. The zero-order valence-electron chi connectivity index (χ0n) is 8.10. The Bertz CT molecular complexity index is 638. The molecule has 0 saturated carbocycles. The van der Waals surface area contributed by atoms with Crippen molar-refractivity contribution in [2.24, 2.45) is 0 Å². The van der Waals surface area contributed by atoms with Crippen LogP contribution in [0.15, 0.2) is 0 Å². The first-order valence-electron chi connectivity index (χ1n) is 4.59. The predicted octanol–water partition coefficient (Wildman–Crippen LogP) is 0.570. The molecule has 7 heteroatoms. The van der Waals surface area contributed by atoms with Gasteiger partial charge >= 0.3 is 0 Å². The number of rotatable bonds is 0. The fourth-order valence-electron chi connectivity index (χ4n) is 1.80. The molecule has 0 spiro atoms. The van der Waals surface area contributed by atoms with E-state index in [1.165, 1.54) is 11.3 Å². The summed E-state index contributed by atoms with van der Waals surface area (Å²) >= 11 is 1.49. The first kappa shape index (κ1) is 9.29. The van der Waals surface area contributed by atoms with Crippen LogP contribution >= 0.6 is 11.3 Å². The molecule has 3 heterocycles. The van der Waals surface area contributed by atoms with Crippen LogP contribution in [0.2, 0.25) is 0 Å². The molecule has 0 aliphatic carbocycles. The number of hydrogen-bond donors (Lipinski definition) is 0. The summed E-state index contributed by atoms with van der Waals surface area (Å²) in [4.78, 5) is 5.19. The lowest BCUT2D eigenvalue weighted by Gasteiger charge is -2.10. The average Bonchev–Trinajstić information content (AvgIpc) is 2.61. The van der Waals surface area contributed by atoms with Crippen LogP contribution < -0.4 is 0 Å². The maximum atomic E-state index is 11.5. The normalized spacial score (nSPS) is 19.3. The molecule has 0 fully saturated rings. The van der Waals surface area contributed by atoms with Gasteiger partial charge in [-0.15, -0.1) is 0 Å². The second kappa shape index (κ2) is 2.79. The lowest BCUT2D eigenvalue weighted by molar-refractivity contribution is 0.589. The van der Waals surface area contributed by atoms with Crippen molar-refractivity contribution < 1.29 is 8.42 Å². The fourth-order valence-corrected chi connectivity index (χ4v) is 3.94. The number of imidazole rings is 1. The molecule has 0 radical (unpaired) electrons. The Labute approximate surface area is 90.7 Å². The molecule has 0 unspecified atom stereocenters. The third-order valence-electron chi connectivity index (χ3n) is 2.49.